The van der Waals surface area contributed by atoms with E-state index in [4.69, 9.17) is 5.11 Å². The number of aromatic amines is 1. The molecule has 1 aliphatic rings. The van der Waals surface area contributed by atoms with Crippen molar-refractivity contribution in [3.05, 3.63) is 17.2 Å². The number of rotatable bonds is 3. The van der Waals surface area contributed by atoms with Gasteiger partial charge in [0.15, 0.2) is 0 Å². The zero-order valence-corrected chi connectivity index (χ0v) is 9.79. The number of carbonyl (C=O) groups is 1. The lowest BCUT2D eigenvalue weighted by molar-refractivity contribution is 0.0684. The third-order valence-corrected chi connectivity index (χ3v) is 3.27. The molecule has 4 heteroatoms. The van der Waals surface area contributed by atoms with Crippen molar-refractivity contribution in [3.8, 4) is 0 Å². The van der Waals surface area contributed by atoms with E-state index >= 15 is 0 Å². The molecule has 16 heavy (non-hydrogen) atoms. The molecule has 1 aliphatic carbocycles. The van der Waals surface area contributed by atoms with Crippen molar-refractivity contribution in [1.82, 2.24) is 9.97 Å². The number of nitrogens with one attached hydrogen (secondary N) is 1. The Morgan fingerprint density at radius 1 is 1.44 bits per heavy atom. The zero-order chi connectivity index (χ0) is 11.7. The van der Waals surface area contributed by atoms with E-state index in [1.165, 1.54) is 12.8 Å². The molecule has 0 amide bonds. The summed E-state index contributed by atoms with van der Waals surface area (Å²) in [7, 11) is 0. The number of nitrogens with zero attached hydrogens (tertiary/aromatic N) is 1. The summed E-state index contributed by atoms with van der Waals surface area (Å²) in [4.78, 5) is 18.1. The Bertz CT molecular complexity index is 390. The van der Waals surface area contributed by atoms with Crippen LogP contribution < -0.4 is 0 Å². The number of aromatic nitrogens is 2. The molecular weight excluding hydrogens is 204 g/mol. The number of carboxylic acid groups (broad SMARTS) is 1. The molecule has 0 aromatic carbocycles. The summed E-state index contributed by atoms with van der Waals surface area (Å²) >= 11 is 0. The third kappa shape index (κ3) is 1.96. The average molecular weight is 222 g/mol. The van der Waals surface area contributed by atoms with Crippen LogP contribution in [-0.2, 0) is 0 Å². The van der Waals surface area contributed by atoms with E-state index < -0.39 is 5.97 Å². The minimum absolute atomic E-state index is 0.0885. The Kier molecular flexibility index (Phi) is 2.99. The number of imidazole rings is 1. The highest BCUT2D eigenvalue weighted by Gasteiger charge is 2.25. The quantitative estimate of drug-likeness (QED) is 0.826. The van der Waals surface area contributed by atoms with Gasteiger partial charge in [-0.1, -0.05) is 26.7 Å². The Labute approximate surface area is 95.1 Å². The lowest BCUT2D eigenvalue weighted by Gasteiger charge is -2.10. The van der Waals surface area contributed by atoms with Crippen LogP contribution in [0.3, 0.4) is 0 Å². The highest BCUT2D eigenvalue weighted by Crippen LogP contribution is 2.36. The minimum atomic E-state index is -0.967. The summed E-state index contributed by atoms with van der Waals surface area (Å²) in [5.74, 6) is -0.116. The van der Waals surface area contributed by atoms with Gasteiger partial charge >= 0.3 is 5.97 Å². The van der Waals surface area contributed by atoms with Crippen LogP contribution in [0.15, 0.2) is 0 Å². The summed E-state index contributed by atoms with van der Waals surface area (Å²) in [5.41, 5.74) is 1.99. The molecule has 1 aromatic heterocycles. The molecule has 1 aromatic rings. The summed E-state index contributed by atoms with van der Waals surface area (Å²) < 4.78 is 0. The molecule has 0 aliphatic heterocycles. The van der Waals surface area contributed by atoms with E-state index in [1.54, 1.807) is 0 Å². The maximum atomic E-state index is 10.9. The average Bonchev–Trinajstić information content (AvgIpc) is 2.86. The summed E-state index contributed by atoms with van der Waals surface area (Å²) in [6.45, 7) is 4.11. The SMILES string of the molecule is CC(C)c1nc(C(=O)O)[nH]c1C1CCCC1. The minimum Gasteiger partial charge on any atom is -0.475 e. The highest BCUT2D eigenvalue weighted by molar-refractivity contribution is 5.83. The molecule has 2 rings (SSSR count). The van der Waals surface area contributed by atoms with Gasteiger partial charge in [-0.15, -0.1) is 0 Å². The second-order valence-electron chi connectivity index (χ2n) is 4.83. The first-order chi connectivity index (χ1) is 7.59. The molecule has 0 spiro atoms. The standard InChI is InChI=1S/C12H18N2O2/c1-7(2)9-10(8-5-3-4-6-8)14-11(13-9)12(15)16/h7-8H,3-6H2,1-2H3,(H,13,14)(H,15,16). The summed E-state index contributed by atoms with van der Waals surface area (Å²) in [6, 6.07) is 0. The van der Waals surface area contributed by atoms with Gasteiger partial charge in [0.05, 0.1) is 5.69 Å². The lowest BCUT2D eigenvalue weighted by Crippen LogP contribution is -2.00. The number of H-pyrrole nitrogens is 1. The fourth-order valence-corrected chi connectivity index (χ4v) is 2.47. The van der Waals surface area contributed by atoms with Gasteiger partial charge in [0.2, 0.25) is 5.82 Å². The van der Waals surface area contributed by atoms with Gasteiger partial charge in [-0.05, 0) is 18.8 Å². The van der Waals surface area contributed by atoms with Crippen LogP contribution in [0.4, 0.5) is 0 Å². The van der Waals surface area contributed by atoms with Crippen molar-refractivity contribution < 1.29 is 9.90 Å². The van der Waals surface area contributed by atoms with Crippen molar-refractivity contribution in [2.45, 2.75) is 51.4 Å². The van der Waals surface area contributed by atoms with Crippen LogP contribution in [0.2, 0.25) is 0 Å². The Morgan fingerprint density at radius 2 is 2.06 bits per heavy atom. The zero-order valence-electron chi connectivity index (χ0n) is 9.79. The van der Waals surface area contributed by atoms with Crippen molar-refractivity contribution in [1.29, 1.82) is 0 Å². The first-order valence-corrected chi connectivity index (χ1v) is 5.92. The number of carboxylic acids is 1. The fourth-order valence-electron chi connectivity index (χ4n) is 2.47. The van der Waals surface area contributed by atoms with Crippen molar-refractivity contribution >= 4 is 5.97 Å². The Hall–Kier alpha value is -1.32. The molecule has 88 valence electrons. The van der Waals surface area contributed by atoms with E-state index in [0.29, 0.717) is 5.92 Å². The Balaban J connectivity index is 2.37. The molecule has 0 saturated heterocycles. The lowest BCUT2D eigenvalue weighted by atomic mass is 9.97. The smallest absolute Gasteiger partial charge is 0.371 e. The molecule has 0 bridgehead atoms. The second-order valence-corrected chi connectivity index (χ2v) is 4.83. The van der Waals surface area contributed by atoms with Crippen molar-refractivity contribution in [2.75, 3.05) is 0 Å². The van der Waals surface area contributed by atoms with E-state index in [0.717, 1.165) is 24.2 Å². The van der Waals surface area contributed by atoms with Gasteiger partial charge < -0.3 is 10.1 Å². The Morgan fingerprint density at radius 3 is 2.56 bits per heavy atom. The van der Waals surface area contributed by atoms with E-state index in [2.05, 4.69) is 23.8 Å². The monoisotopic (exact) mass is 222 g/mol. The molecule has 1 fully saturated rings. The third-order valence-electron chi connectivity index (χ3n) is 3.27. The largest absolute Gasteiger partial charge is 0.475 e. The summed E-state index contributed by atoms with van der Waals surface area (Å²) in [6.07, 6.45) is 4.79. The van der Waals surface area contributed by atoms with Crippen LogP contribution in [0.5, 0.6) is 0 Å². The molecular formula is C12H18N2O2. The van der Waals surface area contributed by atoms with Gasteiger partial charge in [-0.3, -0.25) is 0 Å². The van der Waals surface area contributed by atoms with Gasteiger partial charge in [0, 0.05) is 11.6 Å². The van der Waals surface area contributed by atoms with Crippen LogP contribution in [0, 0.1) is 0 Å². The first kappa shape index (κ1) is 11.2. The highest BCUT2D eigenvalue weighted by atomic mass is 16.4. The topological polar surface area (TPSA) is 66.0 Å². The molecule has 0 atom stereocenters. The number of hydrogen-bond donors (Lipinski definition) is 2. The number of hydrogen-bond acceptors (Lipinski definition) is 2. The fraction of sp³-hybridized carbons (Fsp3) is 0.667. The summed E-state index contributed by atoms with van der Waals surface area (Å²) in [5, 5.41) is 8.95. The molecule has 2 N–H and O–H groups in total. The molecule has 0 radical (unpaired) electrons. The van der Waals surface area contributed by atoms with Gasteiger partial charge in [0.1, 0.15) is 0 Å². The predicted octanol–water partition coefficient (Wildman–Crippen LogP) is 2.89. The van der Waals surface area contributed by atoms with Gasteiger partial charge in [-0.25, -0.2) is 9.78 Å². The first-order valence-electron chi connectivity index (χ1n) is 5.92. The molecule has 0 unspecified atom stereocenters. The van der Waals surface area contributed by atoms with Crippen LogP contribution in [0.25, 0.3) is 0 Å². The predicted molar refractivity (Wildman–Crippen MR) is 60.8 cm³/mol. The van der Waals surface area contributed by atoms with Crippen molar-refractivity contribution in [2.24, 2.45) is 0 Å². The van der Waals surface area contributed by atoms with Crippen LogP contribution in [-0.4, -0.2) is 21.0 Å². The van der Waals surface area contributed by atoms with Crippen LogP contribution >= 0.6 is 0 Å². The maximum absolute atomic E-state index is 10.9. The van der Waals surface area contributed by atoms with E-state index in [-0.39, 0.29) is 11.7 Å². The van der Waals surface area contributed by atoms with E-state index in [1.807, 2.05) is 0 Å². The van der Waals surface area contributed by atoms with Gasteiger partial charge in [0.25, 0.3) is 0 Å². The van der Waals surface area contributed by atoms with Gasteiger partial charge in [-0.2, -0.15) is 0 Å². The van der Waals surface area contributed by atoms with Crippen molar-refractivity contribution in [3.63, 3.8) is 0 Å². The van der Waals surface area contributed by atoms with E-state index in [9.17, 15) is 4.79 Å². The molecule has 4 nitrogen and oxygen atoms in total. The normalized spacial score (nSPS) is 17.2. The van der Waals surface area contributed by atoms with Crippen LogP contribution in [0.1, 0.15) is 73.4 Å². The molecule has 1 heterocycles. The maximum Gasteiger partial charge on any atom is 0.371 e. The second kappa shape index (κ2) is 4.28. The number of aromatic carboxylic acids is 1. The molecule has 1 saturated carbocycles.